The monoisotopic (exact) mass is 304 g/mol. The van der Waals surface area contributed by atoms with Crippen LogP contribution in [0.25, 0.3) is 10.9 Å². The molecule has 4 rings (SSSR count). The van der Waals surface area contributed by atoms with Crippen LogP contribution in [0, 0.1) is 6.92 Å². The van der Waals surface area contributed by atoms with E-state index >= 15 is 0 Å². The summed E-state index contributed by atoms with van der Waals surface area (Å²) in [6.45, 7) is 5.84. The Morgan fingerprint density at radius 3 is 2.76 bits per heavy atom. The largest absolute Gasteiger partial charge is 0.378 e. The summed E-state index contributed by atoms with van der Waals surface area (Å²) in [5.74, 6) is 0. The molecule has 1 aromatic heterocycles. The molecule has 0 amide bonds. The van der Waals surface area contributed by atoms with Gasteiger partial charge in [-0.05, 0) is 43.9 Å². The van der Waals surface area contributed by atoms with Crippen LogP contribution in [-0.4, -0.2) is 31.3 Å². The molecule has 1 aliphatic carbocycles. The van der Waals surface area contributed by atoms with Gasteiger partial charge in [0, 0.05) is 24.2 Å². The van der Waals surface area contributed by atoms with E-state index < -0.39 is 0 Å². The molecule has 21 heavy (non-hydrogen) atoms. The van der Waals surface area contributed by atoms with Crippen molar-refractivity contribution in [1.29, 1.82) is 0 Å². The van der Waals surface area contributed by atoms with E-state index in [2.05, 4.69) is 30.0 Å². The number of benzene rings is 1. The zero-order chi connectivity index (χ0) is 13.5. The third kappa shape index (κ3) is 2.49. The molecule has 2 aromatic rings. The molecular weight excluding hydrogens is 284 g/mol. The lowest BCUT2D eigenvalue weighted by Gasteiger charge is -2.31. The van der Waals surface area contributed by atoms with Crippen molar-refractivity contribution in [1.82, 2.24) is 4.98 Å². The normalized spacial score (nSPS) is 17.7. The number of nitrogens with zero attached hydrogens (tertiary/aromatic N) is 2. The van der Waals surface area contributed by atoms with E-state index in [1.54, 1.807) is 0 Å². The molecule has 0 spiro atoms. The Morgan fingerprint density at radius 2 is 1.95 bits per heavy atom. The number of pyridine rings is 1. The molecule has 1 fully saturated rings. The second-order valence-electron chi connectivity index (χ2n) is 5.86. The molecule has 0 atom stereocenters. The molecule has 1 saturated heterocycles. The molecule has 0 saturated carbocycles. The zero-order valence-corrected chi connectivity index (χ0v) is 13.2. The standard InChI is InChI=1S/C17H20N2O.ClH/c1-12-5-6-16-14(11-12)17(19-7-9-20-10-8-19)13-3-2-4-15(13)18-16;/h5-6,11H,2-4,7-10H2,1H3;1H. The maximum atomic E-state index is 5.52. The first-order valence-electron chi connectivity index (χ1n) is 7.58. The number of hydrogen-bond donors (Lipinski definition) is 0. The summed E-state index contributed by atoms with van der Waals surface area (Å²) in [5.41, 5.74) is 6.71. The molecule has 0 unspecified atom stereocenters. The summed E-state index contributed by atoms with van der Waals surface area (Å²) in [6.07, 6.45) is 3.56. The van der Waals surface area contributed by atoms with Crippen LogP contribution in [-0.2, 0) is 17.6 Å². The van der Waals surface area contributed by atoms with Crippen molar-refractivity contribution in [3.05, 3.63) is 35.0 Å². The van der Waals surface area contributed by atoms with Gasteiger partial charge < -0.3 is 9.64 Å². The van der Waals surface area contributed by atoms with Gasteiger partial charge in [0.05, 0.1) is 24.4 Å². The number of fused-ring (bicyclic) bond motifs is 2. The SMILES string of the molecule is Cc1ccc2nc3c(c(N4CCOCC4)c2c1)CCC3.Cl. The second kappa shape index (κ2) is 5.82. The van der Waals surface area contributed by atoms with Crippen LogP contribution in [0.3, 0.4) is 0 Å². The van der Waals surface area contributed by atoms with Crippen LogP contribution in [0.5, 0.6) is 0 Å². The molecule has 0 bridgehead atoms. The van der Waals surface area contributed by atoms with Gasteiger partial charge in [0.1, 0.15) is 0 Å². The van der Waals surface area contributed by atoms with Crippen LogP contribution in [0.2, 0.25) is 0 Å². The zero-order valence-electron chi connectivity index (χ0n) is 12.4. The molecular formula is C17H21ClN2O. The van der Waals surface area contributed by atoms with Crippen LogP contribution < -0.4 is 4.90 Å². The lowest BCUT2D eigenvalue weighted by Crippen LogP contribution is -2.37. The Labute approximate surface area is 131 Å². The fourth-order valence-electron chi connectivity index (χ4n) is 3.50. The Hall–Kier alpha value is -1.32. The predicted molar refractivity (Wildman–Crippen MR) is 88.8 cm³/mol. The van der Waals surface area contributed by atoms with Gasteiger partial charge in [-0.3, -0.25) is 4.98 Å². The van der Waals surface area contributed by atoms with Gasteiger partial charge in [-0.15, -0.1) is 12.4 Å². The molecule has 2 heterocycles. The molecule has 112 valence electrons. The van der Waals surface area contributed by atoms with E-state index in [1.165, 1.54) is 40.7 Å². The Bertz CT molecular complexity index is 665. The number of rotatable bonds is 1. The summed E-state index contributed by atoms with van der Waals surface area (Å²) in [7, 11) is 0. The summed E-state index contributed by atoms with van der Waals surface area (Å²) < 4.78 is 5.52. The third-order valence-corrected chi connectivity index (χ3v) is 4.46. The smallest absolute Gasteiger partial charge is 0.0726 e. The Morgan fingerprint density at radius 1 is 1.14 bits per heavy atom. The maximum Gasteiger partial charge on any atom is 0.0726 e. The maximum absolute atomic E-state index is 5.52. The van der Waals surface area contributed by atoms with Crippen molar-refractivity contribution in [2.24, 2.45) is 0 Å². The average molecular weight is 305 g/mol. The second-order valence-corrected chi connectivity index (χ2v) is 5.86. The first-order valence-corrected chi connectivity index (χ1v) is 7.58. The molecule has 3 nitrogen and oxygen atoms in total. The van der Waals surface area contributed by atoms with Gasteiger partial charge in [-0.25, -0.2) is 0 Å². The minimum Gasteiger partial charge on any atom is -0.378 e. The van der Waals surface area contributed by atoms with Crippen molar-refractivity contribution in [3.8, 4) is 0 Å². The number of ether oxygens (including phenoxy) is 1. The summed E-state index contributed by atoms with van der Waals surface area (Å²) in [6, 6.07) is 6.64. The molecule has 0 radical (unpaired) electrons. The fourth-order valence-corrected chi connectivity index (χ4v) is 3.50. The highest BCUT2D eigenvalue weighted by molar-refractivity contribution is 5.94. The minimum atomic E-state index is 0. The minimum absolute atomic E-state index is 0. The number of halogens is 1. The van der Waals surface area contributed by atoms with E-state index in [0.29, 0.717) is 0 Å². The number of hydrogen-bond acceptors (Lipinski definition) is 3. The quantitative estimate of drug-likeness (QED) is 0.808. The van der Waals surface area contributed by atoms with Gasteiger partial charge in [-0.2, -0.15) is 0 Å². The van der Waals surface area contributed by atoms with Crippen LogP contribution in [0.4, 0.5) is 5.69 Å². The van der Waals surface area contributed by atoms with Crippen molar-refractivity contribution in [3.63, 3.8) is 0 Å². The van der Waals surface area contributed by atoms with Gasteiger partial charge >= 0.3 is 0 Å². The van der Waals surface area contributed by atoms with Gasteiger partial charge in [-0.1, -0.05) is 11.6 Å². The number of anilines is 1. The number of aromatic nitrogens is 1. The van der Waals surface area contributed by atoms with Gasteiger partial charge in [0.25, 0.3) is 0 Å². The summed E-state index contributed by atoms with van der Waals surface area (Å²) >= 11 is 0. The highest BCUT2D eigenvalue weighted by Crippen LogP contribution is 2.37. The van der Waals surface area contributed by atoms with Gasteiger partial charge in [0.2, 0.25) is 0 Å². The first kappa shape index (κ1) is 14.6. The van der Waals surface area contributed by atoms with Crippen molar-refractivity contribution < 1.29 is 4.74 Å². The molecule has 1 aromatic carbocycles. The Kier molecular flexibility index (Phi) is 4.05. The van der Waals surface area contributed by atoms with Crippen LogP contribution in [0.15, 0.2) is 18.2 Å². The van der Waals surface area contributed by atoms with E-state index in [9.17, 15) is 0 Å². The molecule has 2 aliphatic rings. The first-order chi connectivity index (χ1) is 9.83. The lowest BCUT2D eigenvalue weighted by molar-refractivity contribution is 0.123. The molecule has 0 N–H and O–H groups in total. The van der Waals surface area contributed by atoms with Crippen LogP contribution >= 0.6 is 12.4 Å². The van der Waals surface area contributed by atoms with Crippen molar-refractivity contribution in [2.75, 3.05) is 31.2 Å². The van der Waals surface area contributed by atoms with E-state index in [4.69, 9.17) is 9.72 Å². The van der Waals surface area contributed by atoms with Crippen molar-refractivity contribution >= 4 is 29.0 Å². The summed E-state index contributed by atoms with van der Waals surface area (Å²) in [5, 5.41) is 1.33. The highest BCUT2D eigenvalue weighted by Gasteiger charge is 2.24. The molecule has 1 aliphatic heterocycles. The van der Waals surface area contributed by atoms with E-state index in [-0.39, 0.29) is 12.4 Å². The van der Waals surface area contributed by atoms with E-state index in [0.717, 1.165) is 38.2 Å². The lowest BCUT2D eigenvalue weighted by atomic mass is 10.0. The third-order valence-electron chi connectivity index (χ3n) is 4.46. The fraction of sp³-hybridized carbons (Fsp3) is 0.471. The van der Waals surface area contributed by atoms with E-state index in [1.807, 2.05) is 0 Å². The summed E-state index contributed by atoms with van der Waals surface area (Å²) in [4.78, 5) is 7.41. The predicted octanol–water partition coefficient (Wildman–Crippen LogP) is 3.29. The van der Waals surface area contributed by atoms with Crippen molar-refractivity contribution in [2.45, 2.75) is 26.2 Å². The van der Waals surface area contributed by atoms with Crippen LogP contribution in [0.1, 0.15) is 23.2 Å². The number of morpholine rings is 1. The topological polar surface area (TPSA) is 25.4 Å². The Balaban J connectivity index is 0.00000132. The molecule has 4 heteroatoms. The average Bonchev–Trinajstić information content (AvgIpc) is 2.93. The number of aryl methyl sites for hydroxylation is 2. The van der Waals surface area contributed by atoms with Gasteiger partial charge in [0.15, 0.2) is 0 Å². The highest BCUT2D eigenvalue weighted by atomic mass is 35.5.